The van der Waals surface area contributed by atoms with Crippen molar-refractivity contribution in [1.82, 2.24) is 4.98 Å². The van der Waals surface area contributed by atoms with E-state index in [-0.39, 0.29) is 5.91 Å². The number of nitrogens with one attached hydrogen (secondary N) is 1. The fourth-order valence-electron chi connectivity index (χ4n) is 2.19. The number of thiophene rings is 1. The first-order valence-corrected chi connectivity index (χ1v) is 7.72. The van der Waals surface area contributed by atoms with Crippen LogP contribution in [0.5, 0.6) is 0 Å². The van der Waals surface area contributed by atoms with E-state index in [0.29, 0.717) is 13.0 Å². The van der Waals surface area contributed by atoms with Crippen LogP contribution in [0.15, 0.2) is 29.8 Å². The Morgan fingerprint density at radius 3 is 2.90 bits per heavy atom. The van der Waals surface area contributed by atoms with Gasteiger partial charge in [-0.3, -0.25) is 4.79 Å². The Labute approximate surface area is 126 Å². The number of nitrogens with zero attached hydrogens (tertiary/aromatic N) is 2. The fraction of sp³-hybridized carbons (Fsp3) is 0.286. The van der Waals surface area contributed by atoms with E-state index in [1.807, 2.05) is 23.6 Å². The van der Waals surface area contributed by atoms with Gasteiger partial charge in [0.15, 0.2) is 0 Å². The van der Waals surface area contributed by atoms with Gasteiger partial charge in [-0.25, -0.2) is 4.98 Å². The van der Waals surface area contributed by atoms with Crippen molar-refractivity contribution in [3.05, 3.63) is 39.7 Å². The highest BCUT2D eigenvalue weighted by Gasteiger charge is 2.21. The van der Waals surface area contributed by atoms with E-state index >= 15 is 0 Å². The minimum Gasteiger partial charge on any atom is -0.365 e. The summed E-state index contributed by atoms with van der Waals surface area (Å²) in [5.74, 6) is 0.961. The maximum absolute atomic E-state index is 11.6. The summed E-state index contributed by atoms with van der Waals surface area (Å²) in [6, 6.07) is 5.70. The molecule has 6 heteroatoms. The Kier molecular flexibility index (Phi) is 3.89. The maximum Gasteiger partial charge on any atom is 0.227 e. The lowest BCUT2D eigenvalue weighted by molar-refractivity contribution is -0.117. The summed E-state index contributed by atoms with van der Waals surface area (Å²) in [6.45, 7) is 1.45. The number of amides is 1. The molecule has 1 aliphatic heterocycles. The molecule has 0 spiro atoms. The number of anilines is 2. The van der Waals surface area contributed by atoms with Crippen LogP contribution in [0.4, 0.5) is 11.5 Å². The predicted molar refractivity (Wildman–Crippen MR) is 82.5 cm³/mol. The summed E-state index contributed by atoms with van der Waals surface area (Å²) in [7, 11) is 0. The minimum absolute atomic E-state index is 0.179. The molecule has 1 amide bonds. The van der Waals surface area contributed by atoms with Gasteiger partial charge < -0.3 is 10.2 Å². The molecular formula is C14H14ClN3OS. The van der Waals surface area contributed by atoms with E-state index < -0.39 is 0 Å². The number of aromatic nitrogens is 1. The fourth-order valence-corrected chi connectivity index (χ4v) is 3.24. The lowest BCUT2D eigenvalue weighted by Gasteiger charge is -2.15. The van der Waals surface area contributed by atoms with Crippen LogP contribution in [-0.2, 0) is 11.3 Å². The number of rotatable bonds is 4. The van der Waals surface area contributed by atoms with E-state index in [0.717, 1.165) is 34.4 Å². The van der Waals surface area contributed by atoms with Crippen LogP contribution >= 0.6 is 22.9 Å². The number of carbonyl (C=O) groups excluding carboxylic acids is 1. The van der Waals surface area contributed by atoms with E-state index in [1.54, 1.807) is 22.4 Å². The lowest BCUT2D eigenvalue weighted by Crippen LogP contribution is -2.23. The van der Waals surface area contributed by atoms with Gasteiger partial charge >= 0.3 is 0 Å². The molecule has 3 heterocycles. The third kappa shape index (κ3) is 2.78. The molecule has 0 bridgehead atoms. The van der Waals surface area contributed by atoms with Gasteiger partial charge in [-0.2, -0.15) is 0 Å². The summed E-state index contributed by atoms with van der Waals surface area (Å²) in [6.07, 6.45) is 3.30. The molecule has 2 aromatic rings. The third-order valence-electron chi connectivity index (χ3n) is 3.25. The smallest absolute Gasteiger partial charge is 0.227 e. The Morgan fingerprint density at radius 1 is 1.40 bits per heavy atom. The number of carbonyl (C=O) groups is 1. The monoisotopic (exact) mass is 307 g/mol. The standard InChI is InChI=1S/C14H14ClN3OS/c15-11-5-7-20-12(11)9-17-13-4-3-10(8-16-13)18-6-1-2-14(18)19/h3-5,7-8H,1-2,6,9H2,(H,16,17). The minimum atomic E-state index is 0.179. The molecule has 3 rings (SSSR count). The Morgan fingerprint density at radius 2 is 2.30 bits per heavy atom. The molecule has 1 saturated heterocycles. The number of halogens is 1. The van der Waals surface area contributed by atoms with Crippen LogP contribution in [0.1, 0.15) is 17.7 Å². The summed E-state index contributed by atoms with van der Waals surface area (Å²) >= 11 is 7.66. The van der Waals surface area contributed by atoms with Gasteiger partial charge in [0.2, 0.25) is 5.91 Å². The Balaban J connectivity index is 1.64. The topological polar surface area (TPSA) is 45.2 Å². The number of hydrogen-bond donors (Lipinski definition) is 1. The summed E-state index contributed by atoms with van der Waals surface area (Å²) in [5.41, 5.74) is 0.868. The number of pyridine rings is 1. The first-order valence-electron chi connectivity index (χ1n) is 6.46. The predicted octanol–water partition coefficient (Wildman–Crippen LogP) is 3.54. The van der Waals surface area contributed by atoms with Gasteiger partial charge in [-0.1, -0.05) is 11.6 Å². The van der Waals surface area contributed by atoms with Gasteiger partial charge in [-0.05, 0) is 30.0 Å². The van der Waals surface area contributed by atoms with E-state index in [1.165, 1.54) is 0 Å². The zero-order valence-electron chi connectivity index (χ0n) is 10.8. The molecule has 2 aromatic heterocycles. The van der Waals surface area contributed by atoms with Gasteiger partial charge in [-0.15, -0.1) is 11.3 Å². The number of hydrogen-bond acceptors (Lipinski definition) is 4. The van der Waals surface area contributed by atoms with Crippen molar-refractivity contribution in [2.75, 3.05) is 16.8 Å². The van der Waals surface area contributed by atoms with Crippen LogP contribution in [0.25, 0.3) is 0 Å². The summed E-state index contributed by atoms with van der Waals surface area (Å²) < 4.78 is 0. The van der Waals surface area contributed by atoms with Gasteiger partial charge in [0.1, 0.15) is 5.82 Å². The molecule has 1 aliphatic rings. The Bertz CT molecular complexity index is 611. The molecule has 1 N–H and O–H groups in total. The molecular weight excluding hydrogens is 294 g/mol. The van der Waals surface area contributed by atoms with E-state index in [9.17, 15) is 4.79 Å². The molecule has 0 atom stereocenters. The molecule has 4 nitrogen and oxygen atoms in total. The average molecular weight is 308 g/mol. The molecule has 0 aliphatic carbocycles. The van der Waals surface area contributed by atoms with E-state index in [4.69, 9.17) is 11.6 Å². The average Bonchev–Trinajstić information content (AvgIpc) is 3.06. The first-order chi connectivity index (χ1) is 9.74. The van der Waals surface area contributed by atoms with Crippen LogP contribution in [0, 0.1) is 0 Å². The van der Waals surface area contributed by atoms with Crippen LogP contribution in [-0.4, -0.2) is 17.4 Å². The molecule has 0 unspecified atom stereocenters. The first kappa shape index (κ1) is 13.4. The van der Waals surface area contributed by atoms with Gasteiger partial charge in [0.25, 0.3) is 0 Å². The van der Waals surface area contributed by atoms with Crippen molar-refractivity contribution >= 4 is 40.4 Å². The normalized spacial score (nSPS) is 14.8. The van der Waals surface area contributed by atoms with Crippen molar-refractivity contribution in [3.8, 4) is 0 Å². The molecule has 1 fully saturated rings. The van der Waals surface area contributed by atoms with Crippen LogP contribution in [0.3, 0.4) is 0 Å². The third-order valence-corrected chi connectivity index (χ3v) is 4.64. The second-order valence-corrected chi connectivity index (χ2v) is 6.00. The second kappa shape index (κ2) is 5.81. The quantitative estimate of drug-likeness (QED) is 0.939. The van der Waals surface area contributed by atoms with Crippen molar-refractivity contribution in [3.63, 3.8) is 0 Å². The molecule has 104 valence electrons. The second-order valence-electron chi connectivity index (χ2n) is 4.60. The van der Waals surface area contributed by atoms with Crippen LogP contribution in [0.2, 0.25) is 5.02 Å². The van der Waals surface area contributed by atoms with Crippen molar-refractivity contribution in [2.24, 2.45) is 0 Å². The lowest BCUT2D eigenvalue weighted by atomic mass is 10.3. The zero-order valence-corrected chi connectivity index (χ0v) is 12.4. The largest absolute Gasteiger partial charge is 0.365 e. The van der Waals surface area contributed by atoms with Gasteiger partial charge in [0, 0.05) is 17.8 Å². The molecule has 0 saturated carbocycles. The van der Waals surface area contributed by atoms with Crippen LogP contribution < -0.4 is 10.2 Å². The van der Waals surface area contributed by atoms with Crippen molar-refractivity contribution in [2.45, 2.75) is 19.4 Å². The van der Waals surface area contributed by atoms with Crippen molar-refractivity contribution < 1.29 is 4.79 Å². The van der Waals surface area contributed by atoms with Gasteiger partial charge in [0.05, 0.1) is 23.5 Å². The molecule has 0 radical (unpaired) electrons. The summed E-state index contributed by atoms with van der Waals surface area (Å²) in [4.78, 5) is 18.9. The molecule has 20 heavy (non-hydrogen) atoms. The van der Waals surface area contributed by atoms with E-state index in [2.05, 4.69) is 10.3 Å². The highest BCUT2D eigenvalue weighted by Crippen LogP contribution is 2.24. The zero-order chi connectivity index (χ0) is 13.9. The maximum atomic E-state index is 11.6. The highest BCUT2D eigenvalue weighted by atomic mass is 35.5. The summed E-state index contributed by atoms with van der Waals surface area (Å²) in [5, 5.41) is 5.97. The van der Waals surface area contributed by atoms with Crippen molar-refractivity contribution in [1.29, 1.82) is 0 Å². The molecule has 0 aromatic carbocycles. The SMILES string of the molecule is O=C1CCCN1c1ccc(NCc2sccc2Cl)nc1. The Hall–Kier alpha value is -1.59. The highest BCUT2D eigenvalue weighted by molar-refractivity contribution is 7.10.